The molecule has 1 aromatic rings. The van der Waals surface area contributed by atoms with Crippen LogP contribution in [0.5, 0.6) is 5.75 Å². The first kappa shape index (κ1) is 14.2. The lowest BCUT2D eigenvalue weighted by Crippen LogP contribution is -2.43. The monoisotopic (exact) mass is 281 g/mol. The van der Waals surface area contributed by atoms with E-state index >= 15 is 0 Å². The molecule has 0 aromatic heterocycles. The number of para-hydroxylation sites is 1. The zero-order valence-corrected chi connectivity index (χ0v) is 12.0. The van der Waals surface area contributed by atoms with Crippen molar-refractivity contribution in [3.8, 4) is 5.75 Å². The summed E-state index contributed by atoms with van der Waals surface area (Å²) < 4.78 is 5.43. The van der Waals surface area contributed by atoms with Crippen LogP contribution in [0.25, 0.3) is 0 Å². The summed E-state index contributed by atoms with van der Waals surface area (Å²) in [4.78, 5) is 11.9. The largest absolute Gasteiger partial charge is 0.482 e. The van der Waals surface area contributed by atoms with Crippen LogP contribution >= 0.6 is 11.6 Å². The standard InChI is InChI=1S/C15H20ClNO2/c1-11-6-2-4-8-13(11)17-15(18)10-19-14-9-5-3-7-12(14)16/h3,5,7,9,11,13H,2,4,6,8,10H2,1H3,(H,17,18)/t11-,13-/m1/s1. The van der Waals surface area contributed by atoms with E-state index in [1.54, 1.807) is 12.1 Å². The van der Waals surface area contributed by atoms with Crippen molar-refractivity contribution in [3.05, 3.63) is 29.3 Å². The minimum atomic E-state index is -0.0707. The number of benzene rings is 1. The molecule has 0 spiro atoms. The van der Waals surface area contributed by atoms with Crippen molar-refractivity contribution in [1.29, 1.82) is 0 Å². The van der Waals surface area contributed by atoms with E-state index in [4.69, 9.17) is 16.3 Å². The van der Waals surface area contributed by atoms with Gasteiger partial charge in [0.1, 0.15) is 5.75 Å². The van der Waals surface area contributed by atoms with Gasteiger partial charge in [-0.15, -0.1) is 0 Å². The lowest BCUT2D eigenvalue weighted by molar-refractivity contribution is -0.124. The molecule has 1 saturated carbocycles. The average molecular weight is 282 g/mol. The van der Waals surface area contributed by atoms with Gasteiger partial charge in [0.2, 0.25) is 0 Å². The van der Waals surface area contributed by atoms with Gasteiger partial charge in [-0.3, -0.25) is 4.79 Å². The maximum Gasteiger partial charge on any atom is 0.258 e. The van der Waals surface area contributed by atoms with Crippen molar-refractivity contribution >= 4 is 17.5 Å². The normalized spacial score (nSPS) is 22.8. The summed E-state index contributed by atoms with van der Waals surface area (Å²) in [5, 5.41) is 3.58. The van der Waals surface area contributed by atoms with Gasteiger partial charge in [-0.05, 0) is 30.9 Å². The van der Waals surface area contributed by atoms with Crippen molar-refractivity contribution in [2.45, 2.75) is 38.6 Å². The second-order valence-electron chi connectivity index (χ2n) is 5.15. The van der Waals surface area contributed by atoms with Crippen LogP contribution in [-0.4, -0.2) is 18.6 Å². The molecular weight excluding hydrogens is 262 g/mol. The van der Waals surface area contributed by atoms with Gasteiger partial charge < -0.3 is 10.1 Å². The smallest absolute Gasteiger partial charge is 0.258 e. The number of carbonyl (C=O) groups is 1. The van der Waals surface area contributed by atoms with Crippen LogP contribution < -0.4 is 10.1 Å². The SMILES string of the molecule is C[C@@H]1CCCC[C@H]1NC(=O)COc1ccccc1Cl. The first-order chi connectivity index (χ1) is 9.16. The Morgan fingerprint density at radius 2 is 2.11 bits per heavy atom. The maximum atomic E-state index is 11.9. The highest BCUT2D eigenvalue weighted by Gasteiger charge is 2.22. The van der Waals surface area contributed by atoms with Crippen LogP contribution in [0.1, 0.15) is 32.6 Å². The summed E-state index contributed by atoms with van der Waals surface area (Å²) >= 11 is 5.97. The van der Waals surface area contributed by atoms with E-state index in [1.807, 2.05) is 12.1 Å². The van der Waals surface area contributed by atoms with E-state index in [-0.39, 0.29) is 18.6 Å². The molecule has 1 amide bonds. The summed E-state index contributed by atoms with van der Waals surface area (Å²) in [6.45, 7) is 2.21. The fraction of sp³-hybridized carbons (Fsp3) is 0.533. The van der Waals surface area contributed by atoms with Gasteiger partial charge in [0.25, 0.3) is 5.91 Å². The summed E-state index contributed by atoms with van der Waals surface area (Å²) in [7, 11) is 0. The lowest BCUT2D eigenvalue weighted by atomic mass is 9.86. The number of amides is 1. The van der Waals surface area contributed by atoms with E-state index in [9.17, 15) is 4.79 Å². The molecule has 2 rings (SSSR count). The molecule has 0 unspecified atom stereocenters. The predicted octanol–water partition coefficient (Wildman–Crippen LogP) is 3.41. The molecule has 0 aliphatic heterocycles. The van der Waals surface area contributed by atoms with Crippen LogP contribution in [0.4, 0.5) is 0 Å². The van der Waals surface area contributed by atoms with Gasteiger partial charge >= 0.3 is 0 Å². The van der Waals surface area contributed by atoms with Gasteiger partial charge in [0.15, 0.2) is 6.61 Å². The molecule has 4 heteroatoms. The van der Waals surface area contributed by atoms with E-state index in [2.05, 4.69) is 12.2 Å². The summed E-state index contributed by atoms with van der Waals surface area (Å²) in [6.07, 6.45) is 4.72. The van der Waals surface area contributed by atoms with Gasteiger partial charge in [-0.2, -0.15) is 0 Å². The number of nitrogens with one attached hydrogen (secondary N) is 1. The van der Waals surface area contributed by atoms with Gasteiger partial charge in [-0.25, -0.2) is 0 Å². The Kier molecular flexibility index (Phi) is 5.08. The van der Waals surface area contributed by atoms with Crippen LogP contribution in [0.3, 0.4) is 0 Å². The Morgan fingerprint density at radius 3 is 2.84 bits per heavy atom. The molecule has 1 aromatic carbocycles. The van der Waals surface area contributed by atoms with Crippen molar-refractivity contribution in [3.63, 3.8) is 0 Å². The minimum absolute atomic E-state index is 0.0208. The number of hydrogen-bond donors (Lipinski definition) is 1. The van der Waals surface area contributed by atoms with Crippen molar-refractivity contribution in [2.24, 2.45) is 5.92 Å². The van der Waals surface area contributed by atoms with E-state index in [1.165, 1.54) is 19.3 Å². The molecule has 0 saturated heterocycles. The lowest BCUT2D eigenvalue weighted by Gasteiger charge is -2.29. The average Bonchev–Trinajstić information content (AvgIpc) is 2.40. The Morgan fingerprint density at radius 1 is 1.37 bits per heavy atom. The molecule has 2 atom stereocenters. The molecule has 0 bridgehead atoms. The van der Waals surface area contributed by atoms with E-state index in [0.29, 0.717) is 16.7 Å². The second kappa shape index (κ2) is 6.80. The number of halogens is 1. The number of ether oxygens (including phenoxy) is 1. The third kappa shape index (κ3) is 4.13. The first-order valence-electron chi connectivity index (χ1n) is 6.83. The van der Waals surface area contributed by atoms with E-state index < -0.39 is 0 Å². The molecule has 1 fully saturated rings. The summed E-state index contributed by atoms with van der Waals surface area (Å²) in [6, 6.07) is 7.47. The minimum Gasteiger partial charge on any atom is -0.482 e. The third-order valence-corrected chi connectivity index (χ3v) is 3.97. The fourth-order valence-corrected chi connectivity index (χ4v) is 2.67. The quantitative estimate of drug-likeness (QED) is 0.918. The Hall–Kier alpha value is -1.22. The number of hydrogen-bond acceptors (Lipinski definition) is 2. The van der Waals surface area contributed by atoms with Crippen LogP contribution in [0.15, 0.2) is 24.3 Å². The third-order valence-electron chi connectivity index (χ3n) is 3.65. The van der Waals surface area contributed by atoms with Crippen molar-refractivity contribution < 1.29 is 9.53 Å². The van der Waals surface area contributed by atoms with Crippen molar-refractivity contribution in [1.82, 2.24) is 5.32 Å². The zero-order valence-electron chi connectivity index (χ0n) is 11.2. The molecule has 0 radical (unpaired) electrons. The van der Waals surface area contributed by atoms with Crippen molar-refractivity contribution in [2.75, 3.05) is 6.61 Å². The van der Waals surface area contributed by atoms with Gasteiger partial charge in [-0.1, -0.05) is 43.5 Å². The zero-order chi connectivity index (χ0) is 13.7. The molecule has 1 aliphatic carbocycles. The molecule has 3 nitrogen and oxygen atoms in total. The number of carbonyl (C=O) groups excluding carboxylic acids is 1. The predicted molar refractivity (Wildman–Crippen MR) is 76.5 cm³/mol. The van der Waals surface area contributed by atoms with Crippen LogP contribution in [0, 0.1) is 5.92 Å². The Bertz CT molecular complexity index is 436. The molecule has 0 heterocycles. The molecule has 1 aliphatic rings. The summed E-state index contributed by atoms with van der Waals surface area (Å²) in [5.74, 6) is 1.03. The molecule has 104 valence electrons. The first-order valence-corrected chi connectivity index (χ1v) is 7.21. The highest BCUT2D eigenvalue weighted by molar-refractivity contribution is 6.32. The second-order valence-corrected chi connectivity index (χ2v) is 5.56. The maximum absolute atomic E-state index is 11.9. The van der Waals surface area contributed by atoms with Gasteiger partial charge in [0, 0.05) is 6.04 Å². The topological polar surface area (TPSA) is 38.3 Å². The highest BCUT2D eigenvalue weighted by Crippen LogP contribution is 2.24. The molecule has 19 heavy (non-hydrogen) atoms. The molecular formula is C15H20ClNO2. The van der Waals surface area contributed by atoms with Gasteiger partial charge in [0.05, 0.1) is 5.02 Å². The van der Waals surface area contributed by atoms with Crippen LogP contribution in [0.2, 0.25) is 5.02 Å². The Labute approximate surface area is 119 Å². The molecule has 1 N–H and O–H groups in total. The van der Waals surface area contributed by atoms with E-state index in [0.717, 1.165) is 6.42 Å². The fourth-order valence-electron chi connectivity index (χ4n) is 2.48. The highest BCUT2D eigenvalue weighted by atomic mass is 35.5. The Balaban J connectivity index is 1.80. The number of rotatable bonds is 4. The summed E-state index contributed by atoms with van der Waals surface area (Å²) in [5.41, 5.74) is 0. The van der Waals surface area contributed by atoms with Crippen LogP contribution in [-0.2, 0) is 4.79 Å².